The van der Waals surface area contributed by atoms with Crippen molar-refractivity contribution in [2.45, 2.75) is 19.8 Å². The maximum Gasteiger partial charge on any atom is 0.358 e. The largest absolute Gasteiger partial charge is 0.501 e. The van der Waals surface area contributed by atoms with Crippen molar-refractivity contribution in [2.24, 2.45) is 0 Å². The molecule has 6 heteroatoms. The molecular weight excluding hydrogens is 188 g/mol. The van der Waals surface area contributed by atoms with E-state index in [-0.39, 0.29) is 11.7 Å². The van der Waals surface area contributed by atoms with Crippen molar-refractivity contribution in [3.05, 3.63) is 21.9 Å². The van der Waals surface area contributed by atoms with Crippen LogP contribution in [0.5, 0.6) is 5.75 Å². The van der Waals surface area contributed by atoms with Crippen molar-refractivity contribution < 1.29 is 15.0 Å². The van der Waals surface area contributed by atoms with E-state index in [0.717, 1.165) is 0 Å². The van der Waals surface area contributed by atoms with Gasteiger partial charge in [-0.1, -0.05) is 13.8 Å². The molecule has 3 N–H and O–H groups in total. The smallest absolute Gasteiger partial charge is 0.358 e. The van der Waals surface area contributed by atoms with Crippen molar-refractivity contribution in [1.82, 2.24) is 9.97 Å². The molecule has 0 saturated carbocycles. The Bertz CT molecular complexity index is 422. The molecule has 0 spiro atoms. The molecule has 0 amide bonds. The number of rotatable bonds is 2. The van der Waals surface area contributed by atoms with Gasteiger partial charge in [-0.05, 0) is 0 Å². The van der Waals surface area contributed by atoms with Crippen molar-refractivity contribution >= 4 is 5.97 Å². The number of nitrogens with zero attached hydrogens (tertiary/aromatic N) is 1. The van der Waals surface area contributed by atoms with Gasteiger partial charge < -0.3 is 15.2 Å². The summed E-state index contributed by atoms with van der Waals surface area (Å²) in [4.78, 5) is 27.6. The molecule has 14 heavy (non-hydrogen) atoms. The third-order valence-electron chi connectivity index (χ3n) is 1.66. The summed E-state index contributed by atoms with van der Waals surface area (Å²) < 4.78 is 0. The van der Waals surface area contributed by atoms with E-state index < -0.39 is 23.0 Å². The summed E-state index contributed by atoms with van der Waals surface area (Å²) in [5.74, 6) is -2.15. The molecule has 1 aromatic rings. The van der Waals surface area contributed by atoms with Crippen LogP contribution in [-0.2, 0) is 0 Å². The molecule has 0 fully saturated rings. The molecule has 0 aliphatic heterocycles. The van der Waals surface area contributed by atoms with E-state index in [0.29, 0.717) is 0 Å². The molecule has 0 radical (unpaired) electrons. The van der Waals surface area contributed by atoms with Gasteiger partial charge in [-0.2, -0.15) is 0 Å². The van der Waals surface area contributed by atoms with Crippen LogP contribution in [0, 0.1) is 0 Å². The Hall–Kier alpha value is -1.85. The van der Waals surface area contributed by atoms with Crippen LogP contribution in [0.25, 0.3) is 0 Å². The Balaban J connectivity index is 3.43. The first-order chi connectivity index (χ1) is 6.43. The molecule has 0 aliphatic rings. The number of hydrogen-bond acceptors (Lipinski definition) is 4. The number of hydrogen-bond donors (Lipinski definition) is 3. The normalized spacial score (nSPS) is 10.5. The summed E-state index contributed by atoms with van der Waals surface area (Å²) >= 11 is 0. The van der Waals surface area contributed by atoms with Gasteiger partial charge in [-0.25, -0.2) is 9.78 Å². The lowest BCUT2D eigenvalue weighted by atomic mass is 10.2. The number of H-pyrrole nitrogens is 1. The number of carboxylic acids is 1. The quantitative estimate of drug-likeness (QED) is 0.634. The maximum atomic E-state index is 11.1. The SMILES string of the molecule is CC(C)c1nc(C(=O)O)c(O)c(=O)[nH]1. The van der Waals surface area contributed by atoms with E-state index in [1.165, 1.54) is 0 Å². The van der Waals surface area contributed by atoms with E-state index in [9.17, 15) is 9.59 Å². The summed E-state index contributed by atoms with van der Waals surface area (Å²) in [5.41, 5.74) is -1.45. The molecule has 0 aliphatic carbocycles. The summed E-state index contributed by atoms with van der Waals surface area (Å²) in [5, 5.41) is 17.7. The highest BCUT2D eigenvalue weighted by Crippen LogP contribution is 2.12. The highest BCUT2D eigenvalue weighted by molar-refractivity contribution is 5.88. The minimum absolute atomic E-state index is 0.110. The topological polar surface area (TPSA) is 103 Å². The van der Waals surface area contributed by atoms with Crippen molar-refractivity contribution in [1.29, 1.82) is 0 Å². The summed E-state index contributed by atoms with van der Waals surface area (Å²) in [7, 11) is 0. The third kappa shape index (κ3) is 1.73. The van der Waals surface area contributed by atoms with Gasteiger partial charge in [-0.3, -0.25) is 4.79 Å². The van der Waals surface area contributed by atoms with E-state index in [1.54, 1.807) is 13.8 Å². The molecule has 0 atom stereocenters. The molecule has 1 aromatic heterocycles. The van der Waals surface area contributed by atoms with Crippen molar-refractivity contribution in [3.63, 3.8) is 0 Å². The summed E-state index contributed by atoms with van der Waals surface area (Å²) in [6, 6.07) is 0. The number of aromatic carboxylic acids is 1. The number of aromatic nitrogens is 2. The van der Waals surface area contributed by atoms with Crippen molar-refractivity contribution in [3.8, 4) is 5.75 Å². The van der Waals surface area contributed by atoms with Crippen LogP contribution in [0.4, 0.5) is 0 Å². The van der Waals surface area contributed by atoms with Gasteiger partial charge in [0.05, 0.1) is 0 Å². The fraction of sp³-hybridized carbons (Fsp3) is 0.375. The van der Waals surface area contributed by atoms with E-state index in [2.05, 4.69) is 9.97 Å². The van der Waals surface area contributed by atoms with Gasteiger partial charge in [-0.15, -0.1) is 0 Å². The van der Waals surface area contributed by atoms with Crippen LogP contribution >= 0.6 is 0 Å². The zero-order valence-corrected chi connectivity index (χ0v) is 7.74. The van der Waals surface area contributed by atoms with E-state index in [4.69, 9.17) is 10.2 Å². The summed E-state index contributed by atoms with van der Waals surface area (Å²) in [6.45, 7) is 3.50. The van der Waals surface area contributed by atoms with Crippen LogP contribution in [0.15, 0.2) is 4.79 Å². The first-order valence-corrected chi connectivity index (χ1v) is 4.00. The standard InChI is InChI=1S/C8H10N2O4/c1-3(2)6-9-4(8(13)14)5(11)7(12)10-6/h3,11H,1-2H3,(H,13,14)(H,9,10,12). The maximum absolute atomic E-state index is 11.1. The van der Waals surface area contributed by atoms with Gasteiger partial charge in [0.2, 0.25) is 5.75 Å². The van der Waals surface area contributed by atoms with Gasteiger partial charge in [0, 0.05) is 5.92 Å². The van der Waals surface area contributed by atoms with Gasteiger partial charge in [0.1, 0.15) is 5.82 Å². The van der Waals surface area contributed by atoms with Gasteiger partial charge in [0.25, 0.3) is 5.56 Å². The summed E-state index contributed by atoms with van der Waals surface area (Å²) in [6.07, 6.45) is 0. The number of carboxylic acid groups (broad SMARTS) is 1. The number of aromatic amines is 1. The Morgan fingerprint density at radius 3 is 2.50 bits per heavy atom. The lowest BCUT2D eigenvalue weighted by molar-refractivity contribution is 0.0686. The van der Waals surface area contributed by atoms with Crippen molar-refractivity contribution in [2.75, 3.05) is 0 Å². The van der Waals surface area contributed by atoms with Crippen LogP contribution < -0.4 is 5.56 Å². The van der Waals surface area contributed by atoms with Crippen LogP contribution in [0.3, 0.4) is 0 Å². The van der Waals surface area contributed by atoms with E-state index >= 15 is 0 Å². The zero-order valence-electron chi connectivity index (χ0n) is 7.74. The second kappa shape index (κ2) is 3.49. The Morgan fingerprint density at radius 1 is 1.50 bits per heavy atom. The molecule has 0 saturated heterocycles. The number of aromatic hydroxyl groups is 1. The molecule has 0 bridgehead atoms. The molecule has 6 nitrogen and oxygen atoms in total. The molecule has 1 heterocycles. The van der Waals surface area contributed by atoms with Crippen LogP contribution in [0.2, 0.25) is 0 Å². The predicted molar refractivity (Wildman–Crippen MR) is 47.6 cm³/mol. The van der Waals surface area contributed by atoms with Crippen LogP contribution in [0.1, 0.15) is 36.1 Å². The third-order valence-corrected chi connectivity index (χ3v) is 1.66. The minimum atomic E-state index is -1.42. The monoisotopic (exact) mass is 198 g/mol. The van der Waals surface area contributed by atoms with Gasteiger partial charge >= 0.3 is 5.97 Å². The Morgan fingerprint density at radius 2 is 2.07 bits per heavy atom. The fourth-order valence-electron chi connectivity index (χ4n) is 0.907. The molecular formula is C8H10N2O4. The zero-order chi connectivity index (χ0) is 10.9. The van der Waals surface area contributed by atoms with Gasteiger partial charge in [0.15, 0.2) is 5.69 Å². The first kappa shape index (κ1) is 10.2. The highest BCUT2D eigenvalue weighted by Gasteiger charge is 2.17. The highest BCUT2D eigenvalue weighted by atomic mass is 16.4. The Labute approximate surface area is 79.2 Å². The van der Waals surface area contributed by atoms with E-state index in [1.807, 2.05) is 0 Å². The molecule has 0 aromatic carbocycles. The lowest BCUT2D eigenvalue weighted by Gasteiger charge is -2.05. The molecule has 76 valence electrons. The van der Waals surface area contributed by atoms with Crippen LogP contribution in [-0.4, -0.2) is 26.2 Å². The second-order valence-electron chi connectivity index (χ2n) is 3.11. The second-order valence-corrected chi connectivity index (χ2v) is 3.11. The number of carbonyl (C=O) groups is 1. The molecule has 0 unspecified atom stereocenters. The average Bonchev–Trinajstić information content (AvgIpc) is 2.08. The fourth-order valence-corrected chi connectivity index (χ4v) is 0.907. The predicted octanol–water partition coefficient (Wildman–Crippen LogP) is 0.297. The number of nitrogens with one attached hydrogen (secondary N) is 1. The molecule has 1 rings (SSSR count). The lowest BCUT2D eigenvalue weighted by Crippen LogP contribution is -2.17. The minimum Gasteiger partial charge on any atom is -0.501 e. The first-order valence-electron chi connectivity index (χ1n) is 4.00. The average molecular weight is 198 g/mol. The Kier molecular flexibility index (Phi) is 2.55.